The Morgan fingerprint density at radius 1 is 1.48 bits per heavy atom. The maximum atomic E-state index is 12.9. The van der Waals surface area contributed by atoms with Gasteiger partial charge in [-0.15, -0.1) is 0 Å². The summed E-state index contributed by atoms with van der Waals surface area (Å²) in [6.07, 6.45) is 5.37. The number of carbonyl (C=O) groups is 1. The number of hydrogen-bond donors (Lipinski definition) is 1. The molecule has 0 aliphatic carbocycles. The Morgan fingerprint density at radius 2 is 2.33 bits per heavy atom. The van der Waals surface area contributed by atoms with Gasteiger partial charge in [0.2, 0.25) is 0 Å². The van der Waals surface area contributed by atoms with E-state index in [0.29, 0.717) is 17.8 Å². The van der Waals surface area contributed by atoms with Gasteiger partial charge in [0.15, 0.2) is 5.65 Å². The minimum atomic E-state index is -0.0244. The second kappa shape index (κ2) is 5.81. The van der Waals surface area contributed by atoms with Gasteiger partial charge < -0.3 is 10.0 Å². The van der Waals surface area contributed by atoms with Crippen LogP contribution in [0.3, 0.4) is 0 Å². The molecule has 1 amide bonds. The molecule has 2 aromatic heterocycles. The summed E-state index contributed by atoms with van der Waals surface area (Å²) in [7, 11) is 0. The van der Waals surface area contributed by atoms with Crippen molar-refractivity contribution in [3.8, 4) is 0 Å². The van der Waals surface area contributed by atoms with Gasteiger partial charge >= 0.3 is 0 Å². The van der Waals surface area contributed by atoms with Crippen LogP contribution in [0.1, 0.15) is 41.9 Å². The van der Waals surface area contributed by atoms with Crippen molar-refractivity contribution >= 4 is 11.6 Å². The minimum absolute atomic E-state index is 0.0244. The molecule has 1 atom stereocenters. The van der Waals surface area contributed by atoms with Gasteiger partial charge in [-0.25, -0.2) is 9.50 Å². The molecule has 112 valence electrons. The molecule has 0 saturated carbocycles. The maximum Gasteiger partial charge on any atom is 0.272 e. The number of piperidine rings is 1. The first kappa shape index (κ1) is 14.0. The van der Waals surface area contributed by atoms with Gasteiger partial charge in [0.05, 0.1) is 5.69 Å². The highest BCUT2D eigenvalue weighted by atomic mass is 16.3. The molecule has 0 radical (unpaired) electrons. The van der Waals surface area contributed by atoms with Crippen molar-refractivity contribution in [1.82, 2.24) is 19.5 Å². The molecule has 1 saturated heterocycles. The average Bonchev–Trinajstić information content (AvgIpc) is 2.87. The Labute approximate surface area is 123 Å². The number of aryl methyl sites for hydroxylation is 1. The number of fused-ring (bicyclic) bond motifs is 1. The van der Waals surface area contributed by atoms with Crippen LogP contribution in [0, 0.1) is 6.92 Å². The first-order valence-electron chi connectivity index (χ1n) is 7.44. The van der Waals surface area contributed by atoms with Crippen LogP contribution in [-0.4, -0.2) is 49.7 Å². The summed E-state index contributed by atoms with van der Waals surface area (Å²) in [5, 5.41) is 13.6. The number of nitrogens with zero attached hydrogens (tertiary/aromatic N) is 4. The van der Waals surface area contributed by atoms with E-state index in [1.54, 1.807) is 16.8 Å². The number of aromatic nitrogens is 3. The molecular formula is C15H20N4O2. The van der Waals surface area contributed by atoms with E-state index in [4.69, 9.17) is 0 Å². The van der Waals surface area contributed by atoms with E-state index < -0.39 is 0 Å². The predicted octanol–water partition coefficient (Wildman–Crippen LogP) is 1.41. The molecule has 6 nitrogen and oxygen atoms in total. The van der Waals surface area contributed by atoms with Crippen molar-refractivity contribution in [3.05, 3.63) is 29.7 Å². The molecule has 0 spiro atoms. The number of carbonyl (C=O) groups excluding carboxylic acids is 1. The van der Waals surface area contributed by atoms with Crippen LogP contribution in [0.15, 0.2) is 18.3 Å². The zero-order chi connectivity index (χ0) is 14.8. The van der Waals surface area contributed by atoms with E-state index in [2.05, 4.69) is 10.1 Å². The summed E-state index contributed by atoms with van der Waals surface area (Å²) in [6, 6.07) is 3.70. The SMILES string of the molecule is Cc1cc2nccc(C(=O)N3CCCCC3CCO)n2n1. The van der Waals surface area contributed by atoms with Gasteiger partial charge in [0.1, 0.15) is 5.69 Å². The molecule has 1 N–H and O–H groups in total. The highest BCUT2D eigenvalue weighted by molar-refractivity contribution is 5.93. The van der Waals surface area contributed by atoms with E-state index in [0.717, 1.165) is 31.5 Å². The lowest BCUT2D eigenvalue weighted by atomic mass is 9.99. The van der Waals surface area contributed by atoms with Crippen LogP contribution < -0.4 is 0 Å². The Morgan fingerprint density at radius 3 is 3.14 bits per heavy atom. The highest BCUT2D eigenvalue weighted by Gasteiger charge is 2.28. The van der Waals surface area contributed by atoms with Crippen LogP contribution in [-0.2, 0) is 0 Å². The molecule has 1 fully saturated rings. The third-order valence-corrected chi connectivity index (χ3v) is 4.05. The number of hydrogen-bond acceptors (Lipinski definition) is 4. The van der Waals surface area contributed by atoms with E-state index in [1.165, 1.54) is 0 Å². The van der Waals surface area contributed by atoms with Crippen LogP contribution in [0.25, 0.3) is 5.65 Å². The van der Waals surface area contributed by atoms with E-state index in [-0.39, 0.29) is 18.6 Å². The third kappa shape index (κ3) is 2.63. The fraction of sp³-hybridized carbons (Fsp3) is 0.533. The smallest absolute Gasteiger partial charge is 0.272 e. The molecule has 3 heterocycles. The lowest BCUT2D eigenvalue weighted by Gasteiger charge is -2.35. The van der Waals surface area contributed by atoms with Crippen molar-refractivity contribution in [2.24, 2.45) is 0 Å². The normalized spacial score (nSPS) is 19.1. The summed E-state index contributed by atoms with van der Waals surface area (Å²) in [6.45, 7) is 2.74. The van der Waals surface area contributed by atoms with E-state index in [9.17, 15) is 9.90 Å². The zero-order valence-corrected chi connectivity index (χ0v) is 12.2. The molecule has 0 aromatic carbocycles. The standard InChI is InChI=1S/C15H20N4O2/c1-11-10-14-16-7-5-13(19(14)17-11)15(21)18-8-3-2-4-12(18)6-9-20/h5,7,10,12,20H,2-4,6,8-9H2,1H3. The summed E-state index contributed by atoms with van der Waals surface area (Å²) < 4.78 is 1.61. The summed E-state index contributed by atoms with van der Waals surface area (Å²) in [5.74, 6) is -0.0244. The van der Waals surface area contributed by atoms with Crippen LogP contribution in [0.5, 0.6) is 0 Å². The van der Waals surface area contributed by atoms with Crippen molar-refractivity contribution in [3.63, 3.8) is 0 Å². The van der Waals surface area contributed by atoms with Gasteiger partial charge in [-0.3, -0.25) is 4.79 Å². The molecular weight excluding hydrogens is 268 g/mol. The van der Waals surface area contributed by atoms with Crippen molar-refractivity contribution in [2.75, 3.05) is 13.2 Å². The van der Waals surface area contributed by atoms with E-state index in [1.807, 2.05) is 17.9 Å². The summed E-state index contributed by atoms with van der Waals surface area (Å²) in [4.78, 5) is 19.0. The van der Waals surface area contributed by atoms with Gasteiger partial charge in [-0.05, 0) is 38.7 Å². The fourth-order valence-electron chi connectivity index (χ4n) is 3.04. The summed E-state index contributed by atoms with van der Waals surface area (Å²) in [5.41, 5.74) is 2.07. The fourth-order valence-corrected chi connectivity index (χ4v) is 3.04. The second-order valence-electron chi connectivity index (χ2n) is 5.55. The number of aliphatic hydroxyl groups excluding tert-OH is 1. The second-order valence-corrected chi connectivity index (χ2v) is 5.55. The number of aliphatic hydroxyl groups is 1. The van der Waals surface area contributed by atoms with Crippen LogP contribution >= 0.6 is 0 Å². The van der Waals surface area contributed by atoms with Gasteiger partial charge in [0, 0.05) is 31.5 Å². The first-order chi connectivity index (χ1) is 10.2. The summed E-state index contributed by atoms with van der Waals surface area (Å²) >= 11 is 0. The lowest BCUT2D eigenvalue weighted by molar-refractivity contribution is 0.0565. The minimum Gasteiger partial charge on any atom is -0.396 e. The topological polar surface area (TPSA) is 70.7 Å². The van der Waals surface area contributed by atoms with Crippen molar-refractivity contribution in [1.29, 1.82) is 0 Å². The molecule has 0 bridgehead atoms. The maximum absolute atomic E-state index is 12.9. The van der Waals surface area contributed by atoms with Crippen molar-refractivity contribution < 1.29 is 9.90 Å². The average molecular weight is 288 g/mol. The number of likely N-dealkylation sites (tertiary alicyclic amines) is 1. The molecule has 1 aliphatic heterocycles. The van der Waals surface area contributed by atoms with Gasteiger partial charge in [0.25, 0.3) is 5.91 Å². The predicted molar refractivity (Wildman–Crippen MR) is 78.1 cm³/mol. The van der Waals surface area contributed by atoms with Crippen LogP contribution in [0.2, 0.25) is 0 Å². The molecule has 3 rings (SSSR count). The Kier molecular flexibility index (Phi) is 3.88. The van der Waals surface area contributed by atoms with Crippen LogP contribution in [0.4, 0.5) is 0 Å². The van der Waals surface area contributed by atoms with Gasteiger partial charge in [-0.1, -0.05) is 0 Å². The van der Waals surface area contributed by atoms with Gasteiger partial charge in [-0.2, -0.15) is 5.10 Å². The Hall–Kier alpha value is -1.95. The lowest BCUT2D eigenvalue weighted by Crippen LogP contribution is -2.44. The quantitative estimate of drug-likeness (QED) is 0.927. The molecule has 6 heteroatoms. The van der Waals surface area contributed by atoms with E-state index >= 15 is 0 Å². The Bertz CT molecular complexity index is 650. The number of rotatable bonds is 3. The monoisotopic (exact) mass is 288 g/mol. The van der Waals surface area contributed by atoms with Crippen molar-refractivity contribution in [2.45, 2.75) is 38.6 Å². The highest BCUT2D eigenvalue weighted by Crippen LogP contribution is 2.22. The number of amides is 1. The molecule has 1 aliphatic rings. The first-order valence-corrected chi connectivity index (χ1v) is 7.44. The molecule has 1 unspecified atom stereocenters. The molecule has 2 aromatic rings. The molecule has 21 heavy (non-hydrogen) atoms. The Balaban J connectivity index is 1.95. The third-order valence-electron chi connectivity index (χ3n) is 4.05. The zero-order valence-electron chi connectivity index (χ0n) is 12.2. The largest absolute Gasteiger partial charge is 0.396 e.